The third-order valence-electron chi connectivity index (χ3n) is 5.94. The summed E-state index contributed by atoms with van der Waals surface area (Å²) < 4.78 is 6.59. The van der Waals surface area contributed by atoms with Crippen molar-refractivity contribution in [1.29, 1.82) is 0 Å². The molecule has 0 radical (unpaired) electrons. The molecule has 3 aromatic heterocycles. The molecule has 4 heterocycles. The molecule has 174 valence electrons. The van der Waals surface area contributed by atoms with Crippen LogP contribution in [0.3, 0.4) is 0 Å². The zero-order valence-electron chi connectivity index (χ0n) is 18.9. The zero-order valence-corrected chi connectivity index (χ0v) is 20.5. The predicted octanol–water partition coefficient (Wildman–Crippen LogP) is 3.73. The lowest BCUT2D eigenvalue weighted by Crippen LogP contribution is -2.44. The van der Waals surface area contributed by atoms with Gasteiger partial charge in [0.2, 0.25) is 5.91 Å². The van der Waals surface area contributed by atoms with Gasteiger partial charge in [-0.15, -0.1) is 11.3 Å². The van der Waals surface area contributed by atoms with Gasteiger partial charge in [-0.25, -0.2) is 9.78 Å². The average molecular weight is 487 g/mol. The monoisotopic (exact) mass is 486 g/mol. The summed E-state index contributed by atoms with van der Waals surface area (Å²) in [6, 6.07) is 5.64. The van der Waals surface area contributed by atoms with Crippen molar-refractivity contribution < 1.29 is 14.3 Å². The number of nitrogens with zero attached hydrogens (tertiary/aromatic N) is 4. The summed E-state index contributed by atoms with van der Waals surface area (Å²) >= 11 is 2.71. The minimum absolute atomic E-state index is 0.0523. The van der Waals surface area contributed by atoms with Crippen molar-refractivity contribution >= 4 is 46.0 Å². The summed E-state index contributed by atoms with van der Waals surface area (Å²) in [6.45, 7) is 2.88. The normalized spacial score (nSPS) is 16.2. The molecule has 0 aromatic carbocycles. The first kappa shape index (κ1) is 23.4. The smallest absolute Gasteiger partial charge is 0.338 e. The van der Waals surface area contributed by atoms with Crippen LogP contribution in [0.1, 0.15) is 43.0 Å². The molecule has 0 N–H and O–H groups in total. The maximum Gasteiger partial charge on any atom is 0.338 e. The first-order valence-corrected chi connectivity index (χ1v) is 12.8. The van der Waals surface area contributed by atoms with E-state index in [9.17, 15) is 14.4 Å². The number of likely N-dealkylation sites (tertiary alicyclic amines) is 1. The van der Waals surface area contributed by atoms with Crippen LogP contribution in [0.15, 0.2) is 33.5 Å². The largest absolute Gasteiger partial charge is 0.465 e. The van der Waals surface area contributed by atoms with Crippen LogP contribution in [0.4, 0.5) is 0 Å². The number of aromatic nitrogens is 3. The number of esters is 1. The lowest BCUT2D eigenvalue weighted by molar-refractivity contribution is -0.132. The van der Waals surface area contributed by atoms with E-state index >= 15 is 0 Å². The van der Waals surface area contributed by atoms with Crippen molar-refractivity contribution in [2.24, 2.45) is 7.05 Å². The molecule has 1 unspecified atom stereocenters. The number of rotatable bonds is 6. The maximum absolute atomic E-state index is 13.0. The number of fused-ring (bicyclic) bond motifs is 1. The lowest BCUT2D eigenvalue weighted by Gasteiger charge is -2.35. The molecule has 10 heteroatoms. The SMILES string of the molecule is CCC1CCCCN1C(=O)CSc1nc(=O)c2c(C(=O)OC)cc(-c3cccs3)nc2n1C. The highest BCUT2D eigenvalue weighted by atomic mass is 32.2. The Morgan fingerprint density at radius 1 is 1.30 bits per heavy atom. The molecular weight excluding hydrogens is 460 g/mol. The summed E-state index contributed by atoms with van der Waals surface area (Å²) in [6.07, 6.45) is 4.14. The van der Waals surface area contributed by atoms with Crippen molar-refractivity contribution in [1.82, 2.24) is 19.4 Å². The van der Waals surface area contributed by atoms with Crippen LogP contribution >= 0.6 is 23.1 Å². The van der Waals surface area contributed by atoms with Crippen LogP contribution in [-0.2, 0) is 16.6 Å². The molecule has 1 fully saturated rings. The van der Waals surface area contributed by atoms with Crippen LogP contribution in [0.5, 0.6) is 0 Å². The molecule has 1 amide bonds. The van der Waals surface area contributed by atoms with Crippen LogP contribution in [-0.4, -0.2) is 56.8 Å². The summed E-state index contributed by atoms with van der Waals surface area (Å²) in [5.74, 6) is -0.377. The van der Waals surface area contributed by atoms with Gasteiger partial charge < -0.3 is 14.2 Å². The first-order valence-electron chi connectivity index (χ1n) is 10.9. The van der Waals surface area contributed by atoms with E-state index in [2.05, 4.69) is 16.9 Å². The third-order valence-corrected chi connectivity index (χ3v) is 7.85. The fraction of sp³-hybridized carbons (Fsp3) is 0.435. The second-order valence-electron chi connectivity index (χ2n) is 7.91. The van der Waals surface area contributed by atoms with Gasteiger partial charge in [-0.05, 0) is 43.2 Å². The van der Waals surface area contributed by atoms with Gasteiger partial charge >= 0.3 is 5.97 Å². The number of ether oxygens (including phenoxy) is 1. The van der Waals surface area contributed by atoms with Crippen molar-refractivity contribution in [3.63, 3.8) is 0 Å². The van der Waals surface area contributed by atoms with E-state index < -0.39 is 11.5 Å². The van der Waals surface area contributed by atoms with Crippen molar-refractivity contribution in [2.45, 2.75) is 43.8 Å². The number of methoxy groups -OCH3 is 1. The highest BCUT2D eigenvalue weighted by Gasteiger charge is 2.26. The fourth-order valence-corrected chi connectivity index (χ4v) is 5.74. The number of thiophene rings is 1. The number of aryl methyl sites for hydroxylation is 1. The van der Waals surface area contributed by atoms with Crippen molar-refractivity contribution in [3.05, 3.63) is 39.5 Å². The molecule has 1 aliphatic heterocycles. The number of piperidine rings is 1. The van der Waals surface area contributed by atoms with Gasteiger partial charge in [-0.3, -0.25) is 9.59 Å². The molecule has 33 heavy (non-hydrogen) atoms. The van der Waals surface area contributed by atoms with Crippen LogP contribution in [0.25, 0.3) is 21.6 Å². The number of carbonyl (C=O) groups excluding carboxylic acids is 2. The number of hydrogen-bond acceptors (Lipinski definition) is 8. The molecule has 8 nitrogen and oxygen atoms in total. The Labute approximate surface area is 200 Å². The molecule has 0 saturated carbocycles. The van der Waals surface area contributed by atoms with E-state index in [1.54, 1.807) is 17.7 Å². The van der Waals surface area contributed by atoms with E-state index in [-0.39, 0.29) is 28.7 Å². The minimum Gasteiger partial charge on any atom is -0.465 e. The van der Waals surface area contributed by atoms with Gasteiger partial charge in [0.25, 0.3) is 5.56 Å². The van der Waals surface area contributed by atoms with E-state index in [1.807, 2.05) is 22.4 Å². The number of thioether (sulfide) groups is 1. The maximum atomic E-state index is 13.0. The molecule has 1 aliphatic rings. The molecule has 0 aliphatic carbocycles. The molecule has 0 bridgehead atoms. The average Bonchev–Trinajstić information content (AvgIpc) is 3.39. The molecule has 1 saturated heterocycles. The van der Waals surface area contributed by atoms with Gasteiger partial charge in [0.15, 0.2) is 5.16 Å². The number of pyridine rings is 1. The Kier molecular flexibility index (Phi) is 7.14. The van der Waals surface area contributed by atoms with E-state index in [0.717, 1.165) is 37.1 Å². The highest BCUT2D eigenvalue weighted by molar-refractivity contribution is 7.99. The van der Waals surface area contributed by atoms with E-state index in [4.69, 9.17) is 4.74 Å². The highest BCUT2D eigenvalue weighted by Crippen LogP contribution is 2.28. The Bertz CT molecular complexity index is 1240. The number of hydrogen-bond donors (Lipinski definition) is 0. The second kappa shape index (κ2) is 10.0. The van der Waals surface area contributed by atoms with E-state index in [1.165, 1.54) is 30.2 Å². The zero-order chi connectivity index (χ0) is 23.5. The lowest BCUT2D eigenvalue weighted by atomic mass is 10.0. The summed E-state index contributed by atoms with van der Waals surface area (Å²) in [7, 11) is 3.01. The van der Waals surface area contributed by atoms with Gasteiger partial charge in [0.05, 0.1) is 34.4 Å². The quantitative estimate of drug-likeness (QED) is 0.298. The molecular formula is C23H26N4O4S2. The van der Waals surface area contributed by atoms with Gasteiger partial charge in [-0.2, -0.15) is 4.98 Å². The predicted molar refractivity (Wildman–Crippen MR) is 130 cm³/mol. The number of amides is 1. The van der Waals surface area contributed by atoms with Crippen molar-refractivity contribution in [3.8, 4) is 10.6 Å². The minimum atomic E-state index is -0.620. The third kappa shape index (κ3) is 4.67. The van der Waals surface area contributed by atoms with Crippen LogP contribution in [0, 0.1) is 0 Å². The standard InChI is InChI=1S/C23H26N4O4S2/c1-4-14-8-5-6-10-27(14)18(28)13-33-23-25-21(29)19-15(22(30)31-3)12-16(17-9-7-11-32-17)24-20(19)26(23)2/h7,9,11-12,14H,4-6,8,10,13H2,1-3H3. The van der Waals surface area contributed by atoms with E-state index in [0.29, 0.717) is 16.5 Å². The Morgan fingerprint density at radius 2 is 2.12 bits per heavy atom. The van der Waals surface area contributed by atoms with Crippen LogP contribution < -0.4 is 5.56 Å². The molecule has 3 aromatic rings. The summed E-state index contributed by atoms with van der Waals surface area (Å²) in [5.41, 5.74) is 0.477. The van der Waals surface area contributed by atoms with Gasteiger partial charge in [-0.1, -0.05) is 24.8 Å². The molecule has 0 spiro atoms. The van der Waals surface area contributed by atoms with Gasteiger partial charge in [0, 0.05) is 19.6 Å². The summed E-state index contributed by atoms with van der Waals surface area (Å²) in [4.78, 5) is 50.0. The Morgan fingerprint density at radius 3 is 2.82 bits per heavy atom. The molecule has 4 rings (SSSR count). The van der Waals surface area contributed by atoms with Crippen LogP contribution in [0.2, 0.25) is 0 Å². The summed E-state index contributed by atoms with van der Waals surface area (Å²) in [5, 5.41) is 2.42. The second-order valence-corrected chi connectivity index (χ2v) is 9.80. The molecule has 1 atom stereocenters. The fourth-order valence-electron chi connectivity index (χ4n) is 4.21. The van der Waals surface area contributed by atoms with Gasteiger partial charge in [0.1, 0.15) is 5.65 Å². The first-order chi connectivity index (χ1) is 15.9. The number of carbonyl (C=O) groups is 2. The Hall–Kier alpha value is -2.72. The Balaban J connectivity index is 1.72. The topological polar surface area (TPSA) is 94.4 Å². The van der Waals surface area contributed by atoms with Crippen molar-refractivity contribution in [2.75, 3.05) is 19.4 Å².